The highest BCUT2D eigenvalue weighted by atomic mass is 16.1. The van der Waals surface area contributed by atoms with Crippen LogP contribution in [0.5, 0.6) is 0 Å². The Morgan fingerprint density at radius 3 is 2.13 bits per heavy atom. The van der Waals surface area contributed by atoms with Crippen molar-refractivity contribution < 1.29 is 4.79 Å². The van der Waals surface area contributed by atoms with Crippen LogP contribution in [0.3, 0.4) is 0 Å². The lowest BCUT2D eigenvalue weighted by Crippen LogP contribution is -2.10. The van der Waals surface area contributed by atoms with Crippen LogP contribution < -0.4 is 5.73 Å². The van der Waals surface area contributed by atoms with Gasteiger partial charge in [0, 0.05) is 5.56 Å². The number of carbonyl (C=O) groups is 1. The average molecular weight is 197 g/mol. The molecule has 0 aliphatic carbocycles. The molecule has 0 atom stereocenters. The summed E-state index contributed by atoms with van der Waals surface area (Å²) in [6, 6.07) is 9.82. The van der Waals surface area contributed by atoms with Crippen LogP contribution >= 0.6 is 0 Å². The highest BCUT2D eigenvalue weighted by Gasteiger charge is 1.99. The molecule has 0 aromatic heterocycles. The Kier molecular flexibility index (Phi) is 3.21. The Balaban J connectivity index is 3.02. The van der Waals surface area contributed by atoms with Crippen molar-refractivity contribution in [3.8, 4) is 12.1 Å². The van der Waals surface area contributed by atoms with Crippen molar-refractivity contribution in [3.05, 3.63) is 41.0 Å². The van der Waals surface area contributed by atoms with E-state index in [0.29, 0.717) is 11.1 Å². The topological polar surface area (TPSA) is 90.7 Å². The molecule has 72 valence electrons. The van der Waals surface area contributed by atoms with Crippen molar-refractivity contribution in [3.63, 3.8) is 0 Å². The molecule has 0 aliphatic rings. The molecule has 1 aromatic rings. The lowest BCUT2D eigenvalue weighted by atomic mass is 10.1. The quantitative estimate of drug-likeness (QED) is 0.722. The predicted molar refractivity (Wildman–Crippen MR) is 54.2 cm³/mol. The minimum absolute atomic E-state index is 0.0156. The second-order valence-corrected chi connectivity index (χ2v) is 2.77. The maximum absolute atomic E-state index is 10.7. The lowest BCUT2D eigenvalue weighted by molar-refractivity contribution is 0.100. The van der Waals surface area contributed by atoms with Crippen molar-refractivity contribution in [1.29, 1.82) is 10.5 Å². The fraction of sp³-hybridized carbons (Fsp3) is 0. The van der Waals surface area contributed by atoms with Gasteiger partial charge in [0.15, 0.2) is 0 Å². The maximum atomic E-state index is 10.7. The summed E-state index contributed by atoms with van der Waals surface area (Å²) in [4.78, 5) is 10.7. The first-order valence-corrected chi connectivity index (χ1v) is 4.09. The molecule has 0 fully saturated rings. The molecule has 0 radical (unpaired) electrons. The summed E-state index contributed by atoms with van der Waals surface area (Å²) in [7, 11) is 0. The Bertz CT molecular complexity index is 470. The molecule has 1 aromatic carbocycles. The minimum Gasteiger partial charge on any atom is -0.366 e. The number of benzene rings is 1. The van der Waals surface area contributed by atoms with E-state index in [2.05, 4.69) is 0 Å². The molecule has 1 amide bonds. The van der Waals surface area contributed by atoms with Crippen molar-refractivity contribution in [2.45, 2.75) is 0 Å². The van der Waals surface area contributed by atoms with E-state index in [1.165, 1.54) is 6.08 Å². The van der Waals surface area contributed by atoms with Crippen LogP contribution in [0, 0.1) is 22.7 Å². The first kappa shape index (κ1) is 10.5. The summed E-state index contributed by atoms with van der Waals surface area (Å²) in [5, 5.41) is 17.0. The molecule has 0 bridgehead atoms. The van der Waals surface area contributed by atoms with Crippen molar-refractivity contribution in [2.75, 3.05) is 0 Å². The first-order valence-electron chi connectivity index (χ1n) is 4.09. The number of hydrogen-bond donors (Lipinski definition) is 1. The molecule has 4 heteroatoms. The summed E-state index contributed by atoms with van der Waals surface area (Å²) in [6.45, 7) is 0. The summed E-state index contributed by atoms with van der Waals surface area (Å²) < 4.78 is 0. The molecular formula is C11H7N3O. The summed E-state index contributed by atoms with van der Waals surface area (Å²) in [6.07, 6.45) is 1.44. The molecule has 0 spiro atoms. The van der Waals surface area contributed by atoms with Gasteiger partial charge in [-0.05, 0) is 23.8 Å². The standard InChI is InChI=1S/C11H7N3O/c12-6-9(7-13)5-8-1-3-10(4-2-8)11(14)15/h1-5H,(H2,14,15). The van der Waals surface area contributed by atoms with Gasteiger partial charge in [0.1, 0.15) is 17.7 Å². The largest absolute Gasteiger partial charge is 0.366 e. The van der Waals surface area contributed by atoms with Crippen LogP contribution in [0.4, 0.5) is 0 Å². The van der Waals surface area contributed by atoms with E-state index in [1.54, 1.807) is 36.4 Å². The molecule has 1 rings (SSSR count). The number of carbonyl (C=O) groups excluding carboxylic acids is 1. The molecule has 0 heterocycles. The number of hydrogen-bond acceptors (Lipinski definition) is 3. The van der Waals surface area contributed by atoms with E-state index < -0.39 is 5.91 Å². The van der Waals surface area contributed by atoms with Gasteiger partial charge in [-0.15, -0.1) is 0 Å². The Labute approximate surface area is 86.9 Å². The molecule has 0 saturated carbocycles. The number of allylic oxidation sites excluding steroid dienone is 1. The summed E-state index contributed by atoms with van der Waals surface area (Å²) in [5.74, 6) is -0.508. The van der Waals surface area contributed by atoms with E-state index in [9.17, 15) is 4.79 Å². The molecule has 4 nitrogen and oxygen atoms in total. The van der Waals surface area contributed by atoms with Crippen molar-refractivity contribution in [1.82, 2.24) is 0 Å². The number of nitrogens with zero attached hydrogens (tertiary/aromatic N) is 2. The molecule has 15 heavy (non-hydrogen) atoms. The summed E-state index contributed by atoms with van der Waals surface area (Å²) >= 11 is 0. The van der Waals surface area contributed by atoms with E-state index in [0.717, 1.165) is 0 Å². The van der Waals surface area contributed by atoms with Crippen LogP contribution in [0.2, 0.25) is 0 Å². The van der Waals surface area contributed by atoms with Crippen LogP contribution in [0.25, 0.3) is 6.08 Å². The third-order valence-corrected chi connectivity index (χ3v) is 1.75. The fourth-order valence-electron chi connectivity index (χ4n) is 1.000. The van der Waals surface area contributed by atoms with Gasteiger partial charge in [0.2, 0.25) is 5.91 Å². The van der Waals surface area contributed by atoms with Gasteiger partial charge >= 0.3 is 0 Å². The number of rotatable bonds is 2. The Morgan fingerprint density at radius 2 is 1.73 bits per heavy atom. The minimum atomic E-state index is -0.508. The zero-order chi connectivity index (χ0) is 11.3. The van der Waals surface area contributed by atoms with Gasteiger partial charge in [0.05, 0.1) is 0 Å². The normalized spacial score (nSPS) is 8.40. The van der Waals surface area contributed by atoms with Gasteiger partial charge in [-0.1, -0.05) is 12.1 Å². The van der Waals surface area contributed by atoms with Gasteiger partial charge < -0.3 is 5.73 Å². The molecule has 0 aliphatic heterocycles. The Morgan fingerprint density at radius 1 is 1.20 bits per heavy atom. The van der Waals surface area contributed by atoms with E-state index >= 15 is 0 Å². The number of nitrogens with two attached hydrogens (primary N) is 1. The highest BCUT2D eigenvalue weighted by molar-refractivity contribution is 5.92. The van der Waals surface area contributed by atoms with Crippen molar-refractivity contribution in [2.24, 2.45) is 5.73 Å². The van der Waals surface area contributed by atoms with Crippen LogP contribution in [-0.4, -0.2) is 5.91 Å². The average Bonchev–Trinajstić information content (AvgIpc) is 2.26. The third kappa shape index (κ3) is 2.68. The molecule has 0 unspecified atom stereocenters. The van der Waals surface area contributed by atoms with E-state index in [4.69, 9.17) is 16.3 Å². The van der Waals surface area contributed by atoms with Crippen LogP contribution in [-0.2, 0) is 0 Å². The van der Waals surface area contributed by atoms with Gasteiger partial charge in [0.25, 0.3) is 0 Å². The molecule has 2 N–H and O–H groups in total. The Hall–Kier alpha value is -2.59. The number of primary amides is 1. The van der Waals surface area contributed by atoms with Gasteiger partial charge in [-0.3, -0.25) is 4.79 Å². The maximum Gasteiger partial charge on any atom is 0.248 e. The molecular weight excluding hydrogens is 190 g/mol. The van der Waals surface area contributed by atoms with Gasteiger partial charge in [-0.2, -0.15) is 10.5 Å². The highest BCUT2D eigenvalue weighted by Crippen LogP contribution is 2.08. The lowest BCUT2D eigenvalue weighted by Gasteiger charge is -1.95. The zero-order valence-electron chi connectivity index (χ0n) is 7.77. The number of nitriles is 2. The van der Waals surface area contributed by atoms with E-state index in [-0.39, 0.29) is 5.57 Å². The first-order chi connectivity index (χ1) is 7.17. The van der Waals surface area contributed by atoms with Crippen LogP contribution in [0.15, 0.2) is 29.8 Å². The smallest absolute Gasteiger partial charge is 0.248 e. The number of amides is 1. The van der Waals surface area contributed by atoms with Gasteiger partial charge in [-0.25, -0.2) is 0 Å². The second-order valence-electron chi connectivity index (χ2n) is 2.77. The SMILES string of the molecule is N#CC(C#N)=Cc1ccc(C(N)=O)cc1. The monoisotopic (exact) mass is 197 g/mol. The summed E-state index contributed by atoms with van der Waals surface area (Å²) in [5.41, 5.74) is 6.14. The van der Waals surface area contributed by atoms with Crippen molar-refractivity contribution >= 4 is 12.0 Å². The third-order valence-electron chi connectivity index (χ3n) is 1.75. The second kappa shape index (κ2) is 4.59. The van der Waals surface area contributed by atoms with Crippen LogP contribution in [0.1, 0.15) is 15.9 Å². The zero-order valence-corrected chi connectivity index (χ0v) is 7.77. The van der Waals surface area contributed by atoms with E-state index in [1.807, 2.05) is 0 Å². The fourth-order valence-corrected chi connectivity index (χ4v) is 1.000. The predicted octanol–water partition coefficient (Wildman–Crippen LogP) is 1.22. The molecule has 0 saturated heterocycles.